The summed E-state index contributed by atoms with van der Waals surface area (Å²) in [7, 11) is 0. The molecule has 0 aliphatic heterocycles. The lowest BCUT2D eigenvalue weighted by atomic mass is 10.00. The molecule has 6 N–H and O–H groups in total. The Morgan fingerprint density at radius 2 is 0.932 bits per heavy atom. The molecule has 74 heavy (non-hydrogen) atoms. The molecule has 4 amide bonds. The average Bonchev–Trinajstić information content (AvgIpc) is 3.44. The third-order valence-corrected chi connectivity index (χ3v) is 12.9. The number of carbonyl (C=O) groups is 2. The molecule has 0 aliphatic carbocycles. The molecule has 376 valence electrons. The number of benzene rings is 8. The Labute approximate surface area is 435 Å². The van der Waals surface area contributed by atoms with Crippen LogP contribution >= 0.6 is 0 Å². The lowest BCUT2D eigenvalue weighted by Gasteiger charge is -2.26. The number of hydrogen-bond acceptors (Lipinski definition) is 7. The molecule has 11 nitrogen and oxygen atoms in total. The van der Waals surface area contributed by atoms with Gasteiger partial charge in [0.2, 0.25) is 5.95 Å². The van der Waals surface area contributed by atoms with Gasteiger partial charge in [-0.05, 0) is 105 Å². The Morgan fingerprint density at radius 1 is 0.473 bits per heavy atom. The highest BCUT2D eigenvalue weighted by Crippen LogP contribution is 2.26. The number of nitrogens with one attached hydrogen (secondary N) is 6. The van der Waals surface area contributed by atoms with Crippen molar-refractivity contribution in [3.63, 3.8) is 0 Å². The first-order valence-corrected chi connectivity index (χ1v) is 25.6. The van der Waals surface area contributed by atoms with E-state index >= 15 is 0 Å². The first kappa shape index (κ1) is 52.0. The second-order valence-electron chi connectivity index (χ2n) is 18.4. The molecule has 0 aliphatic rings. The maximum Gasteiger partial charge on any atom is 0.319 e. The van der Waals surface area contributed by atoms with Crippen LogP contribution in [0.15, 0.2) is 213 Å². The highest BCUT2D eigenvalue weighted by Gasteiger charge is 2.18. The Hall–Kier alpha value is -8.38. The zero-order chi connectivity index (χ0) is 51.2. The van der Waals surface area contributed by atoms with Crippen molar-refractivity contribution < 1.29 is 9.59 Å². The number of carbonyl (C=O) groups excluding carboxylic acids is 2. The number of urea groups is 2. The van der Waals surface area contributed by atoms with E-state index in [9.17, 15) is 9.59 Å². The van der Waals surface area contributed by atoms with Crippen LogP contribution in [0.3, 0.4) is 0 Å². The zero-order valence-electron chi connectivity index (χ0n) is 42.4. The summed E-state index contributed by atoms with van der Waals surface area (Å²) >= 11 is 0. The van der Waals surface area contributed by atoms with Crippen molar-refractivity contribution in [2.45, 2.75) is 65.0 Å². The van der Waals surface area contributed by atoms with Crippen LogP contribution < -0.4 is 31.9 Å². The van der Waals surface area contributed by atoms with Crippen molar-refractivity contribution in [2.75, 3.05) is 30.3 Å². The van der Waals surface area contributed by atoms with Gasteiger partial charge in [-0.25, -0.2) is 19.6 Å². The van der Waals surface area contributed by atoms with E-state index in [-0.39, 0.29) is 24.1 Å². The molecule has 2 atom stereocenters. The number of amides is 4. The molecular weight excluding hydrogens is 915 g/mol. The third kappa shape index (κ3) is 15.8. The highest BCUT2D eigenvalue weighted by molar-refractivity contribution is 5.91. The van der Waals surface area contributed by atoms with Crippen molar-refractivity contribution in [1.29, 1.82) is 0 Å². The quantitative estimate of drug-likeness (QED) is 0.0395. The highest BCUT2D eigenvalue weighted by atomic mass is 16.2. The molecule has 9 rings (SSSR count). The minimum Gasteiger partial charge on any atom is -0.354 e. The number of fused-ring (bicyclic) bond motifs is 2. The number of hydrogen-bond donors (Lipinski definition) is 6. The zero-order valence-corrected chi connectivity index (χ0v) is 42.4. The predicted molar refractivity (Wildman–Crippen MR) is 303 cm³/mol. The van der Waals surface area contributed by atoms with Crippen LogP contribution in [0.4, 0.5) is 21.2 Å². The molecule has 2 unspecified atom stereocenters. The van der Waals surface area contributed by atoms with Crippen molar-refractivity contribution in [2.24, 2.45) is 0 Å². The van der Waals surface area contributed by atoms with E-state index < -0.39 is 0 Å². The molecule has 0 saturated carbocycles. The standard InChI is InChI=1S/C36H40N6O.C27H27N3O/c1-28(33-15-7-13-32-12-5-6-14-34(32)33)41-36(43)42(24-9-23-40-35-38-21-8-22-39-35)25-20-29-16-18-31(19-17-29)27-37-26-30-10-3-2-4-11-30;1-20(25-13-7-11-23-10-5-6-12-26(23)25)29-27(31)30-24-16-14-22(15-17-24)19-28-18-21-8-3-2-4-9-21/h2-8,10-19,21-22,28,37H,9,20,23-27H2,1H3,(H,41,43)(H,38,39,40);2-17,20,28H,18-19H2,1H3,(H2,29,30,31). The lowest BCUT2D eigenvalue weighted by Crippen LogP contribution is -2.43. The summed E-state index contributed by atoms with van der Waals surface area (Å²) in [5, 5.41) is 24.1. The molecule has 0 saturated heterocycles. The molecule has 1 aromatic heterocycles. The van der Waals surface area contributed by atoms with E-state index in [0.717, 1.165) is 66.6 Å². The van der Waals surface area contributed by atoms with Crippen molar-refractivity contribution >= 4 is 45.2 Å². The van der Waals surface area contributed by atoms with Crippen LogP contribution in [0.2, 0.25) is 0 Å². The fraction of sp³-hybridized carbons (Fsp3) is 0.206. The van der Waals surface area contributed by atoms with Gasteiger partial charge in [0, 0.05) is 63.9 Å². The van der Waals surface area contributed by atoms with Crippen LogP contribution in [-0.4, -0.2) is 46.6 Å². The van der Waals surface area contributed by atoms with E-state index in [2.05, 4.69) is 164 Å². The summed E-state index contributed by atoms with van der Waals surface area (Å²) in [6.07, 6.45) is 4.99. The Morgan fingerprint density at radius 3 is 1.49 bits per heavy atom. The summed E-state index contributed by atoms with van der Waals surface area (Å²) in [4.78, 5) is 36.5. The van der Waals surface area contributed by atoms with E-state index in [1.807, 2.05) is 90.7 Å². The van der Waals surface area contributed by atoms with Crippen molar-refractivity contribution in [1.82, 2.24) is 36.1 Å². The summed E-state index contributed by atoms with van der Waals surface area (Å²) < 4.78 is 0. The fourth-order valence-corrected chi connectivity index (χ4v) is 8.92. The van der Waals surface area contributed by atoms with Gasteiger partial charge in [0.1, 0.15) is 0 Å². The average molecular weight is 982 g/mol. The van der Waals surface area contributed by atoms with Crippen molar-refractivity contribution in [3.8, 4) is 0 Å². The topological polar surface area (TPSA) is 135 Å². The maximum atomic E-state index is 13.6. The van der Waals surface area contributed by atoms with Gasteiger partial charge in [-0.2, -0.15) is 0 Å². The van der Waals surface area contributed by atoms with Gasteiger partial charge in [0.05, 0.1) is 12.1 Å². The van der Waals surface area contributed by atoms with Gasteiger partial charge < -0.3 is 36.8 Å². The van der Waals surface area contributed by atoms with Gasteiger partial charge >= 0.3 is 12.1 Å². The van der Waals surface area contributed by atoms with Crippen molar-refractivity contribution in [3.05, 3.63) is 252 Å². The Kier molecular flexibility index (Phi) is 19.3. The number of rotatable bonds is 21. The molecule has 0 bridgehead atoms. The van der Waals surface area contributed by atoms with Crippen LogP contribution in [0.25, 0.3) is 21.5 Å². The predicted octanol–water partition coefficient (Wildman–Crippen LogP) is 12.7. The minimum atomic E-state index is -0.213. The van der Waals surface area contributed by atoms with E-state index in [1.54, 1.807) is 18.5 Å². The second kappa shape index (κ2) is 27.4. The van der Waals surface area contributed by atoms with Crippen LogP contribution in [0, 0.1) is 0 Å². The molecule has 8 aromatic carbocycles. The summed E-state index contributed by atoms with van der Waals surface area (Å²) in [6, 6.07) is 67.6. The Balaban J connectivity index is 0.000000208. The van der Waals surface area contributed by atoms with Gasteiger partial charge in [0.15, 0.2) is 0 Å². The monoisotopic (exact) mass is 982 g/mol. The first-order valence-electron chi connectivity index (χ1n) is 25.6. The minimum absolute atomic E-state index is 0.0573. The van der Waals surface area contributed by atoms with Gasteiger partial charge in [-0.15, -0.1) is 0 Å². The smallest absolute Gasteiger partial charge is 0.319 e. The molecule has 0 spiro atoms. The maximum absolute atomic E-state index is 13.6. The van der Waals surface area contributed by atoms with Gasteiger partial charge in [-0.3, -0.25) is 0 Å². The molecule has 0 fully saturated rings. The summed E-state index contributed by atoms with van der Waals surface area (Å²) in [6.45, 7) is 9.24. The van der Waals surface area contributed by atoms with Crippen LogP contribution in [0.1, 0.15) is 71.3 Å². The number of nitrogens with zero attached hydrogens (tertiary/aromatic N) is 3. The second-order valence-corrected chi connectivity index (χ2v) is 18.4. The third-order valence-electron chi connectivity index (χ3n) is 12.9. The summed E-state index contributed by atoms with van der Waals surface area (Å²) in [5.41, 5.74) is 9.16. The summed E-state index contributed by atoms with van der Waals surface area (Å²) in [5.74, 6) is 0.599. The van der Waals surface area contributed by atoms with E-state index in [4.69, 9.17) is 0 Å². The van der Waals surface area contributed by atoms with Crippen LogP contribution in [-0.2, 0) is 32.6 Å². The van der Waals surface area contributed by atoms with Gasteiger partial charge in [-0.1, -0.05) is 182 Å². The first-order chi connectivity index (χ1) is 36.3. The normalized spacial score (nSPS) is 11.7. The van der Waals surface area contributed by atoms with Crippen LogP contribution in [0.5, 0.6) is 0 Å². The lowest BCUT2D eigenvalue weighted by molar-refractivity contribution is 0.195. The fourth-order valence-electron chi connectivity index (χ4n) is 8.92. The number of anilines is 2. The SMILES string of the molecule is CC(NC(=O)N(CCCNc1ncccn1)CCc1ccc(CNCc2ccccc2)cc1)c1cccc2ccccc12.CC(NC(=O)Nc1ccc(CNCc2ccccc2)cc1)c1cccc2ccccc12. The molecular formula is C63H67N9O2. The number of aromatic nitrogens is 2. The van der Waals surface area contributed by atoms with E-state index in [0.29, 0.717) is 25.6 Å². The molecule has 9 aromatic rings. The largest absolute Gasteiger partial charge is 0.354 e. The van der Waals surface area contributed by atoms with E-state index in [1.165, 1.54) is 38.6 Å². The molecule has 1 heterocycles. The van der Waals surface area contributed by atoms with Gasteiger partial charge in [0.25, 0.3) is 0 Å². The molecule has 11 heteroatoms. The molecule has 0 radical (unpaired) electrons. The Bertz CT molecular complexity index is 3110.